The van der Waals surface area contributed by atoms with Crippen LogP contribution < -0.4 is 20.7 Å². The van der Waals surface area contributed by atoms with Crippen molar-refractivity contribution in [3.8, 4) is 5.75 Å². The Kier molecular flexibility index (Phi) is 20.3. The lowest BCUT2D eigenvalue weighted by Crippen LogP contribution is -2.52. The van der Waals surface area contributed by atoms with Crippen LogP contribution in [0.4, 0.5) is 5.69 Å². The van der Waals surface area contributed by atoms with Gasteiger partial charge in [-0.1, -0.05) is 44.2 Å². The number of ether oxygens (including phenoxy) is 4. The van der Waals surface area contributed by atoms with Crippen molar-refractivity contribution in [1.82, 2.24) is 20.5 Å². The first kappa shape index (κ1) is 45.9. The first-order valence-corrected chi connectivity index (χ1v) is 20.8. The molecule has 4 N–H and O–H groups in total. The van der Waals surface area contributed by atoms with E-state index < -0.39 is 11.5 Å². The zero-order valence-electron chi connectivity index (χ0n) is 34.6. The molecule has 1 saturated heterocycles. The highest BCUT2D eigenvalue weighted by atomic mass is 16.5. The van der Waals surface area contributed by atoms with Gasteiger partial charge in [-0.15, -0.1) is 0 Å². The van der Waals surface area contributed by atoms with Gasteiger partial charge in [-0.25, -0.2) is 0 Å². The van der Waals surface area contributed by atoms with Crippen molar-refractivity contribution in [1.29, 1.82) is 0 Å². The highest BCUT2D eigenvalue weighted by molar-refractivity contribution is 5.95. The maximum Gasteiger partial charge on any atom is 0.303 e. The molecule has 316 valence electrons. The molecule has 12 nitrogen and oxygen atoms in total. The van der Waals surface area contributed by atoms with Gasteiger partial charge in [-0.2, -0.15) is 0 Å². The summed E-state index contributed by atoms with van der Waals surface area (Å²) in [5.74, 6) is -0.0738. The van der Waals surface area contributed by atoms with E-state index in [1.165, 1.54) is 0 Å². The summed E-state index contributed by atoms with van der Waals surface area (Å²) in [7, 11) is 2.13. The lowest BCUT2D eigenvalue weighted by Gasteiger charge is -2.43. The SMILES string of the molecule is C=C(NC(=C)C1(Nc2cccc(C(=O)N[C@@H](C)c3ccc(OCCCCCCOCCOCCOCCCCCC(=O)O)cc3)c2)CCN(C)CC1)c1ccncc1. The van der Waals surface area contributed by atoms with Crippen LogP contribution in [0.15, 0.2) is 91.9 Å². The normalized spacial score (nSPS) is 14.3. The Bertz CT molecular complexity index is 1680. The molecule has 1 fully saturated rings. The molecule has 0 bridgehead atoms. The third kappa shape index (κ3) is 16.6. The third-order valence-corrected chi connectivity index (χ3v) is 10.4. The summed E-state index contributed by atoms with van der Waals surface area (Å²) in [6.45, 7) is 16.7. The lowest BCUT2D eigenvalue weighted by molar-refractivity contribution is -0.137. The second-order valence-corrected chi connectivity index (χ2v) is 15.0. The standard InChI is InChI=1S/C46H65N5O7/c1-36(40-20-24-47-25-21-40)48-38(3)46(22-26-51(4)27-23-46)50-42-14-12-13-41(35-42)45(54)49-37(2)39-16-18-43(19-17-39)58-30-11-6-5-9-28-55-31-33-57-34-32-56-29-10-7-8-15-44(52)53/h12-14,16-21,24-25,35,37,48,50H,1,3,5-11,15,22-23,26-34H2,2,4H3,(H,49,54)(H,52,53)/t37-/m0/s1. The van der Waals surface area contributed by atoms with Crippen LogP contribution in [-0.4, -0.2) is 98.8 Å². The van der Waals surface area contributed by atoms with Crippen molar-refractivity contribution >= 4 is 23.3 Å². The van der Waals surface area contributed by atoms with E-state index >= 15 is 0 Å². The summed E-state index contributed by atoms with van der Waals surface area (Å²) in [5, 5.41) is 19.0. The number of hydrogen-bond acceptors (Lipinski definition) is 10. The van der Waals surface area contributed by atoms with Crippen molar-refractivity contribution in [3.05, 3.63) is 109 Å². The highest BCUT2D eigenvalue weighted by Crippen LogP contribution is 2.33. The summed E-state index contributed by atoms with van der Waals surface area (Å²) in [6, 6.07) is 19.2. The van der Waals surface area contributed by atoms with Crippen LogP contribution in [-0.2, 0) is 19.0 Å². The van der Waals surface area contributed by atoms with Crippen LogP contribution in [0, 0.1) is 0 Å². The topological polar surface area (TPSA) is 144 Å². The number of unbranched alkanes of at least 4 members (excludes halogenated alkanes) is 5. The predicted octanol–water partition coefficient (Wildman–Crippen LogP) is 7.86. The van der Waals surface area contributed by atoms with Crippen LogP contribution in [0.1, 0.15) is 98.7 Å². The number of rotatable bonds is 29. The van der Waals surface area contributed by atoms with E-state index in [9.17, 15) is 9.59 Å². The number of aromatic nitrogens is 1. The number of carbonyl (C=O) groups excluding carboxylic acids is 1. The smallest absolute Gasteiger partial charge is 0.303 e. The number of piperidine rings is 1. The van der Waals surface area contributed by atoms with E-state index in [1.54, 1.807) is 12.4 Å². The Morgan fingerprint density at radius 2 is 1.40 bits per heavy atom. The molecule has 1 atom stereocenters. The van der Waals surface area contributed by atoms with Crippen LogP contribution in [0.25, 0.3) is 5.70 Å². The highest BCUT2D eigenvalue weighted by Gasteiger charge is 2.37. The van der Waals surface area contributed by atoms with Gasteiger partial charge in [0.05, 0.1) is 44.6 Å². The van der Waals surface area contributed by atoms with Gasteiger partial charge in [-0.05, 0) is 107 Å². The second kappa shape index (κ2) is 25.6. The van der Waals surface area contributed by atoms with E-state index in [1.807, 2.05) is 67.6 Å². The number of carboxylic acids is 1. The number of benzene rings is 2. The van der Waals surface area contributed by atoms with E-state index in [0.29, 0.717) is 58.2 Å². The molecule has 1 aromatic heterocycles. The zero-order chi connectivity index (χ0) is 41.4. The number of nitrogens with one attached hydrogen (secondary N) is 3. The molecule has 2 heterocycles. The number of carbonyl (C=O) groups is 2. The lowest BCUT2D eigenvalue weighted by atomic mass is 9.84. The molecule has 0 saturated carbocycles. The van der Waals surface area contributed by atoms with Crippen molar-refractivity contribution in [2.45, 2.75) is 82.7 Å². The number of carboxylic acid groups (broad SMARTS) is 1. The number of hydrogen-bond donors (Lipinski definition) is 4. The molecular formula is C46H65N5O7. The molecule has 58 heavy (non-hydrogen) atoms. The Morgan fingerprint density at radius 3 is 2.03 bits per heavy atom. The van der Waals surface area contributed by atoms with Gasteiger partial charge in [0.1, 0.15) is 5.75 Å². The first-order valence-electron chi connectivity index (χ1n) is 20.8. The number of nitrogens with zero attached hydrogens (tertiary/aromatic N) is 2. The number of likely N-dealkylation sites (tertiary alicyclic amines) is 1. The Hall–Kier alpha value is -4.75. The first-order chi connectivity index (χ1) is 28.1. The second-order valence-electron chi connectivity index (χ2n) is 15.0. The van der Waals surface area contributed by atoms with Crippen molar-refractivity contribution < 1.29 is 33.6 Å². The fourth-order valence-electron chi connectivity index (χ4n) is 6.71. The molecule has 4 rings (SSSR count). The largest absolute Gasteiger partial charge is 0.494 e. The number of amides is 1. The van der Waals surface area contributed by atoms with Crippen LogP contribution in [0.3, 0.4) is 0 Å². The van der Waals surface area contributed by atoms with Crippen molar-refractivity contribution in [2.24, 2.45) is 0 Å². The third-order valence-electron chi connectivity index (χ3n) is 10.4. The molecule has 2 aromatic carbocycles. The van der Waals surface area contributed by atoms with E-state index in [-0.39, 0.29) is 18.4 Å². The van der Waals surface area contributed by atoms with E-state index in [4.69, 9.17) is 24.1 Å². The fraction of sp³-hybridized carbons (Fsp3) is 0.500. The summed E-state index contributed by atoms with van der Waals surface area (Å²) >= 11 is 0. The molecule has 3 aromatic rings. The molecule has 0 radical (unpaired) electrons. The van der Waals surface area contributed by atoms with Gasteiger partial charge < -0.3 is 44.9 Å². The molecular weight excluding hydrogens is 735 g/mol. The van der Waals surface area contributed by atoms with Gasteiger partial charge in [0.2, 0.25) is 0 Å². The quantitative estimate of drug-likeness (QED) is 0.0510. The molecule has 0 aliphatic carbocycles. The van der Waals surface area contributed by atoms with Crippen LogP contribution >= 0.6 is 0 Å². The number of aliphatic carboxylic acids is 1. The average molecular weight is 800 g/mol. The predicted molar refractivity (Wildman–Crippen MR) is 230 cm³/mol. The fourth-order valence-corrected chi connectivity index (χ4v) is 6.71. The van der Waals surface area contributed by atoms with Gasteiger partial charge in [-0.3, -0.25) is 14.6 Å². The monoisotopic (exact) mass is 799 g/mol. The Morgan fingerprint density at radius 1 is 0.793 bits per heavy atom. The van der Waals surface area contributed by atoms with Gasteiger partial charge >= 0.3 is 5.97 Å². The molecule has 12 heteroatoms. The number of anilines is 1. The maximum absolute atomic E-state index is 13.5. The van der Waals surface area contributed by atoms with Crippen LogP contribution in [0.5, 0.6) is 5.75 Å². The molecule has 1 aliphatic rings. The summed E-state index contributed by atoms with van der Waals surface area (Å²) in [4.78, 5) is 30.4. The van der Waals surface area contributed by atoms with Crippen molar-refractivity contribution in [2.75, 3.05) is 71.7 Å². The molecule has 1 amide bonds. The van der Waals surface area contributed by atoms with E-state index in [2.05, 4.69) is 46.0 Å². The average Bonchev–Trinajstić information content (AvgIpc) is 3.23. The van der Waals surface area contributed by atoms with E-state index in [0.717, 1.165) is 98.4 Å². The summed E-state index contributed by atoms with van der Waals surface area (Å²) < 4.78 is 22.7. The maximum atomic E-state index is 13.5. The minimum atomic E-state index is -0.746. The van der Waals surface area contributed by atoms with Gasteiger partial charge in [0, 0.05) is 73.3 Å². The molecule has 0 unspecified atom stereocenters. The zero-order valence-corrected chi connectivity index (χ0v) is 34.6. The van der Waals surface area contributed by atoms with Gasteiger partial charge in [0.15, 0.2) is 0 Å². The Balaban J connectivity index is 1.09. The van der Waals surface area contributed by atoms with Gasteiger partial charge in [0.25, 0.3) is 5.91 Å². The summed E-state index contributed by atoms with van der Waals surface area (Å²) in [5.41, 5.74) is 4.58. The Labute approximate surface area is 345 Å². The van der Waals surface area contributed by atoms with Crippen LogP contribution in [0.2, 0.25) is 0 Å². The number of pyridine rings is 1. The molecule has 1 aliphatic heterocycles. The summed E-state index contributed by atoms with van der Waals surface area (Å²) in [6.07, 6.45) is 12.0. The molecule has 0 spiro atoms. The minimum Gasteiger partial charge on any atom is -0.494 e. The van der Waals surface area contributed by atoms with Crippen molar-refractivity contribution in [3.63, 3.8) is 0 Å². The minimum absolute atomic E-state index is 0.142.